The van der Waals surface area contributed by atoms with Crippen molar-refractivity contribution in [2.75, 3.05) is 6.54 Å². The van der Waals surface area contributed by atoms with Crippen LogP contribution in [-0.4, -0.2) is 6.54 Å². The average Bonchev–Trinajstić information content (AvgIpc) is 2.28. The number of halogens is 1. The van der Waals surface area contributed by atoms with Gasteiger partial charge in [-0.1, -0.05) is 19.1 Å². The number of nitrogens with one attached hydrogen (secondary N) is 1. The predicted molar refractivity (Wildman–Crippen MR) is 70.2 cm³/mol. The van der Waals surface area contributed by atoms with Gasteiger partial charge in [-0.05, 0) is 37.9 Å². The van der Waals surface area contributed by atoms with Crippen LogP contribution in [0.4, 0.5) is 4.39 Å². The SMILES string of the molecule is C#CCCCC(NCC)c1ccc(C)cc1F. The Morgan fingerprint density at radius 1 is 1.47 bits per heavy atom. The summed E-state index contributed by atoms with van der Waals surface area (Å²) in [5.74, 6) is 2.49. The lowest BCUT2D eigenvalue weighted by Gasteiger charge is -2.18. The van der Waals surface area contributed by atoms with E-state index in [1.165, 1.54) is 0 Å². The number of hydrogen-bond acceptors (Lipinski definition) is 1. The fourth-order valence-electron chi connectivity index (χ4n) is 1.94. The Morgan fingerprint density at radius 2 is 2.24 bits per heavy atom. The lowest BCUT2D eigenvalue weighted by Crippen LogP contribution is -2.21. The lowest BCUT2D eigenvalue weighted by atomic mass is 9.99. The Hall–Kier alpha value is -1.33. The molecule has 0 fully saturated rings. The van der Waals surface area contributed by atoms with Crippen LogP contribution in [0.5, 0.6) is 0 Å². The maximum absolute atomic E-state index is 13.9. The maximum atomic E-state index is 13.9. The largest absolute Gasteiger partial charge is 0.310 e. The van der Waals surface area contributed by atoms with Crippen LogP contribution in [0, 0.1) is 25.1 Å². The fraction of sp³-hybridized carbons (Fsp3) is 0.467. The molecule has 92 valence electrons. The highest BCUT2D eigenvalue weighted by Crippen LogP contribution is 2.22. The van der Waals surface area contributed by atoms with Gasteiger partial charge in [0.15, 0.2) is 0 Å². The van der Waals surface area contributed by atoms with Crippen LogP contribution in [0.2, 0.25) is 0 Å². The van der Waals surface area contributed by atoms with E-state index in [0.717, 1.165) is 36.9 Å². The molecule has 0 radical (unpaired) electrons. The molecular formula is C15H20FN. The van der Waals surface area contributed by atoms with Crippen LogP contribution in [0.15, 0.2) is 18.2 Å². The third-order valence-corrected chi connectivity index (χ3v) is 2.80. The smallest absolute Gasteiger partial charge is 0.128 e. The number of hydrogen-bond donors (Lipinski definition) is 1. The molecule has 1 atom stereocenters. The number of unbranched alkanes of at least 4 members (excludes halogenated alkanes) is 1. The fourth-order valence-corrected chi connectivity index (χ4v) is 1.94. The molecule has 1 N–H and O–H groups in total. The first-order valence-electron chi connectivity index (χ1n) is 6.12. The van der Waals surface area contributed by atoms with E-state index in [0.29, 0.717) is 0 Å². The second-order valence-electron chi connectivity index (χ2n) is 4.23. The summed E-state index contributed by atoms with van der Waals surface area (Å²) in [6.07, 6.45) is 7.77. The first-order valence-corrected chi connectivity index (χ1v) is 6.12. The molecule has 1 unspecified atom stereocenters. The van der Waals surface area contributed by atoms with Crippen LogP contribution in [-0.2, 0) is 0 Å². The minimum Gasteiger partial charge on any atom is -0.310 e. The van der Waals surface area contributed by atoms with Crippen LogP contribution in [0.3, 0.4) is 0 Å². The zero-order valence-corrected chi connectivity index (χ0v) is 10.6. The summed E-state index contributed by atoms with van der Waals surface area (Å²) in [7, 11) is 0. The van der Waals surface area contributed by atoms with E-state index in [1.54, 1.807) is 6.07 Å². The van der Waals surface area contributed by atoms with Crippen molar-refractivity contribution in [3.05, 3.63) is 35.1 Å². The highest BCUT2D eigenvalue weighted by molar-refractivity contribution is 5.26. The highest BCUT2D eigenvalue weighted by Gasteiger charge is 2.14. The van der Waals surface area contributed by atoms with Gasteiger partial charge in [0.2, 0.25) is 0 Å². The van der Waals surface area contributed by atoms with Crippen LogP contribution in [0.25, 0.3) is 0 Å². The van der Waals surface area contributed by atoms with Crippen molar-refractivity contribution < 1.29 is 4.39 Å². The van der Waals surface area contributed by atoms with Crippen molar-refractivity contribution in [1.82, 2.24) is 5.32 Å². The normalized spacial score (nSPS) is 12.1. The van der Waals surface area contributed by atoms with Gasteiger partial charge in [0, 0.05) is 18.0 Å². The van der Waals surface area contributed by atoms with Gasteiger partial charge in [-0.15, -0.1) is 12.3 Å². The number of benzene rings is 1. The Labute approximate surface area is 103 Å². The van der Waals surface area contributed by atoms with E-state index in [1.807, 2.05) is 26.0 Å². The summed E-state index contributed by atoms with van der Waals surface area (Å²) >= 11 is 0. The summed E-state index contributed by atoms with van der Waals surface area (Å²) in [4.78, 5) is 0. The van der Waals surface area contributed by atoms with Crippen molar-refractivity contribution in [2.24, 2.45) is 0 Å². The van der Waals surface area contributed by atoms with Crippen LogP contribution >= 0.6 is 0 Å². The van der Waals surface area contributed by atoms with Gasteiger partial charge in [-0.3, -0.25) is 0 Å². The second kappa shape index (κ2) is 7.09. The van der Waals surface area contributed by atoms with Gasteiger partial charge >= 0.3 is 0 Å². The van der Waals surface area contributed by atoms with E-state index < -0.39 is 0 Å². The van der Waals surface area contributed by atoms with Crippen LogP contribution in [0.1, 0.15) is 43.4 Å². The molecule has 2 heteroatoms. The molecule has 0 saturated carbocycles. The number of rotatable bonds is 6. The summed E-state index contributed by atoms with van der Waals surface area (Å²) in [6, 6.07) is 5.47. The molecule has 1 rings (SSSR count). The van der Waals surface area contributed by atoms with E-state index in [4.69, 9.17) is 6.42 Å². The van der Waals surface area contributed by atoms with Gasteiger partial charge < -0.3 is 5.32 Å². The molecule has 0 amide bonds. The summed E-state index contributed by atoms with van der Waals surface area (Å²) < 4.78 is 13.9. The molecular weight excluding hydrogens is 213 g/mol. The Balaban J connectivity index is 2.78. The predicted octanol–water partition coefficient (Wildman–Crippen LogP) is 3.59. The van der Waals surface area contributed by atoms with E-state index in [-0.39, 0.29) is 11.9 Å². The molecule has 0 aliphatic heterocycles. The lowest BCUT2D eigenvalue weighted by molar-refractivity contribution is 0.475. The molecule has 0 spiro atoms. The highest BCUT2D eigenvalue weighted by atomic mass is 19.1. The van der Waals surface area contributed by atoms with Crippen molar-refractivity contribution in [3.8, 4) is 12.3 Å². The molecule has 0 bridgehead atoms. The van der Waals surface area contributed by atoms with Crippen molar-refractivity contribution in [3.63, 3.8) is 0 Å². The van der Waals surface area contributed by atoms with E-state index in [9.17, 15) is 4.39 Å². The summed E-state index contributed by atoms with van der Waals surface area (Å²) in [5, 5.41) is 3.31. The van der Waals surface area contributed by atoms with Gasteiger partial charge in [0.1, 0.15) is 5.82 Å². The maximum Gasteiger partial charge on any atom is 0.128 e. The van der Waals surface area contributed by atoms with Gasteiger partial charge in [0.25, 0.3) is 0 Å². The van der Waals surface area contributed by atoms with Crippen LogP contribution < -0.4 is 5.32 Å². The first-order chi connectivity index (χ1) is 8.19. The third kappa shape index (κ3) is 4.20. The Kier molecular flexibility index (Phi) is 5.72. The van der Waals surface area contributed by atoms with E-state index in [2.05, 4.69) is 11.2 Å². The minimum absolute atomic E-state index is 0.0638. The molecule has 1 aromatic rings. The van der Waals surface area contributed by atoms with E-state index >= 15 is 0 Å². The quantitative estimate of drug-likeness (QED) is 0.585. The van der Waals surface area contributed by atoms with Gasteiger partial charge in [0.05, 0.1) is 0 Å². The molecule has 1 nitrogen and oxygen atoms in total. The zero-order chi connectivity index (χ0) is 12.7. The second-order valence-corrected chi connectivity index (χ2v) is 4.23. The van der Waals surface area contributed by atoms with Crippen molar-refractivity contribution in [1.29, 1.82) is 0 Å². The number of aryl methyl sites for hydroxylation is 1. The van der Waals surface area contributed by atoms with Gasteiger partial charge in [-0.2, -0.15) is 0 Å². The summed E-state index contributed by atoms with van der Waals surface area (Å²) in [5.41, 5.74) is 1.69. The standard InChI is InChI=1S/C15H20FN/c1-4-6-7-8-15(17-5-2)13-10-9-12(3)11-14(13)16/h1,9-11,15,17H,5-8H2,2-3H3. The average molecular weight is 233 g/mol. The molecule has 0 aliphatic rings. The Bertz CT molecular complexity index is 392. The molecule has 1 aromatic carbocycles. The molecule has 0 aliphatic carbocycles. The topological polar surface area (TPSA) is 12.0 Å². The molecule has 0 heterocycles. The van der Waals surface area contributed by atoms with Crippen molar-refractivity contribution >= 4 is 0 Å². The summed E-state index contributed by atoms with van der Waals surface area (Å²) in [6.45, 7) is 4.75. The zero-order valence-electron chi connectivity index (χ0n) is 10.6. The molecule has 0 aromatic heterocycles. The van der Waals surface area contributed by atoms with Gasteiger partial charge in [-0.25, -0.2) is 4.39 Å². The van der Waals surface area contributed by atoms with Crippen molar-refractivity contribution in [2.45, 2.75) is 39.2 Å². The first kappa shape index (κ1) is 13.7. The third-order valence-electron chi connectivity index (χ3n) is 2.80. The monoisotopic (exact) mass is 233 g/mol. The Morgan fingerprint density at radius 3 is 2.82 bits per heavy atom. The number of terminal acetylenes is 1. The molecule has 17 heavy (non-hydrogen) atoms. The molecule has 0 saturated heterocycles. The minimum atomic E-state index is -0.128.